The Kier molecular flexibility index (Phi) is 7.93. The highest BCUT2D eigenvalue weighted by Gasteiger charge is 2.26. The Labute approximate surface area is 193 Å². The van der Waals surface area contributed by atoms with Crippen LogP contribution in [0, 0.1) is 0 Å². The van der Waals surface area contributed by atoms with Crippen LogP contribution in [0.2, 0.25) is 0 Å². The fourth-order valence-electron chi connectivity index (χ4n) is 5.20. The molecule has 0 N–H and O–H groups in total. The molecule has 0 aliphatic heterocycles. The molecule has 1 unspecified atom stereocenters. The summed E-state index contributed by atoms with van der Waals surface area (Å²) in [5.41, 5.74) is 2.68. The Bertz CT molecular complexity index is 1030. The van der Waals surface area contributed by atoms with Crippen molar-refractivity contribution in [1.29, 1.82) is 0 Å². The second kappa shape index (κ2) is 11.1. The summed E-state index contributed by atoms with van der Waals surface area (Å²) in [5.74, 6) is 1.18. The molecule has 0 fully saturated rings. The van der Waals surface area contributed by atoms with Crippen molar-refractivity contribution in [2.75, 3.05) is 26.7 Å². The SMILES string of the molecule is CCCN(CCC)CCn1c(CN(C)C2CCCc3cccnc32)nc2c1=CC=CCC=2. The highest BCUT2D eigenvalue weighted by molar-refractivity contribution is 5.41. The van der Waals surface area contributed by atoms with Gasteiger partial charge in [-0.1, -0.05) is 38.1 Å². The molecule has 0 amide bonds. The molecule has 0 saturated heterocycles. The Balaban J connectivity index is 1.60. The fraction of sp³-hybridized carbons (Fsp3) is 0.556. The molecule has 0 bridgehead atoms. The molecule has 0 aromatic carbocycles. The van der Waals surface area contributed by atoms with E-state index in [-0.39, 0.29) is 0 Å². The van der Waals surface area contributed by atoms with Crippen LogP contribution in [-0.4, -0.2) is 51.0 Å². The zero-order chi connectivity index (χ0) is 22.3. The molecule has 32 heavy (non-hydrogen) atoms. The van der Waals surface area contributed by atoms with Crippen LogP contribution in [0.5, 0.6) is 0 Å². The molecule has 5 heteroatoms. The van der Waals surface area contributed by atoms with Crippen LogP contribution in [-0.2, 0) is 19.5 Å². The lowest BCUT2D eigenvalue weighted by Crippen LogP contribution is -2.36. The third-order valence-corrected chi connectivity index (χ3v) is 6.76. The molecule has 2 heterocycles. The molecule has 5 nitrogen and oxygen atoms in total. The molecule has 2 aromatic heterocycles. The average molecular weight is 434 g/mol. The number of nitrogens with zero attached hydrogens (tertiary/aromatic N) is 5. The van der Waals surface area contributed by atoms with Gasteiger partial charge in [0, 0.05) is 19.3 Å². The largest absolute Gasteiger partial charge is 0.326 e. The summed E-state index contributed by atoms with van der Waals surface area (Å²) < 4.78 is 2.47. The van der Waals surface area contributed by atoms with Crippen molar-refractivity contribution < 1.29 is 0 Å². The van der Waals surface area contributed by atoms with Crippen LogP contribution in [0.15, 0.2) is 30.5 Å². The van der Waals surface area contributed by atoms with Gasteiger partial charge in [0.1, 0.15) is 5.82 Å². The van der Waals surface area contributed by atoms with Crippen molar-refractivity contribution in [1.82, 2.24) is 24.3 Å². The quantitative estimate of drug-likeness (QED) is 0.575. The highest BCUT2D eigenvalue weighted by atomic mass is 15.2. The number of aromatic nitrogens is 3. The first-order chi connectivity index (χ1) is 15.7. The van der Waals surface area contributed by atoms with Crippen molar-refractivity contribution in [3.63, 3.8) is 0 Å². The molecule has 2 aromatic rings. The van der Waals surface area contributed by atoms with Gasteiger partial charge < -0.3 is 9.47 Å². The zero-order valence-electron chi connectivity index (χ0n) is 20.1. The fourth-order valence-corrected chi connectivity index (χ4v) is 5.20. The van der Waals surface area contributed by atoms with Crippen LogP contribution in [0.1, 0.15) is 69.1 Å². The Morgan fingerprint density at radius 1 is 1.16 bits per heavy atom. The zero-order valence-corrected chi connectivity index (χ0v) is 20.1. The van der Waals surface area contributed by atoms with Gasteiger partial charge in [0.05, 0.1) is 29.0 Å². The summed E-state index contributed by atoms with van der Waals surface area (Å²) in [5, 5.41) is 2.40. The van der Waals surface area contributed by atoms with Crippen molar-refractivity contribution >= 4 is 12.2 Å². The van der Waals surface area contributed by atoms with Crippen molar-refractivity contribution in [3.8, 4) is 0 Å². The smallest absolute Gasteiger partial charge is 0.124 e. The van der Waals surface area contributed by atoms with Gasteiger partial charge in [-0.25, -0.2) is 4.98 Å². The van der Waals surface area contributed by atoms with E-state index in [4.69, 9.17) is 9.97 Å². The minimum atomic E-state index is 0.370. The van der Waals surface area contributed by atoms with Gasteiger partial charge in [0.15, 0.2) is 0 Å². The van der Waals surface area contributed by atoms with E-state index < -0.39 is 0 Å². The van der Waals surface area contributed by atoms with Crippen LogP contribution in [0.4, 0.5) is 0 Å². The van der Waals surface area contributed by atoms with Crippen LogP contribution in [0.3, 0.4) is 0 Å². The average Bonchev–Trinajstić information content (AvgIpc) is 2.96. The van der Waals surface area contributed by atoms with E-state index in [1.165, 1.54) is 61.2 Å². The predicted molar refractivity (Wildman–Crippen MR) is 133 cm³/mol. The molecule has 172 valence electrons. The maximum Gasteiger partial charge on any atom is 0.124 e. The molecule has 2 aliphatic rings. The summed E-state index contributed by atoms with van der Waals surface area (Å²) in [4.78, 5) is 15.0. The summed E-state index contributed by atoms with van der Waals surface area (Å²) in [7, 11) is 2.24. The van der Waals surface area contributed by atoms with Gasteiger partial charge in [0.2, 0.25) is 0 Å². The van der Waals surface area contributed by atoms with Crippen molar-refractivity contribution in [3.05, 3.63) is 58.3 Å². The highest BCUT2D eigenvalue weighted by Crippen LogP contribution is 2.32. The first-order valence-corrected chi connectivity index (χ1v) is 12.5. The second-order valence-corrected chi connectivity index (χ2v) is 9.20. The minimum absolute atomic E-state index is 0.370. The van der Waals surface area contributed by atoms with Gasteiger partial charge in [-0.05, 0) is 76.4 Å². The number of imidazole rings is 1. The summed E-state index contributed by atoms with van der Waals surface area (Å²) in [6, 6.07) is 4.69. The van der Waals surface area contributed by atoms with Gasteiger partial charge in [0.25, 0.3) is 0 Å². The molecule has 1 atom stereocenters. The number of fused-ring (bicyclic) bond motifs is 2. The molecular weight excluding hydrogens is 394 g/mol. The lowest BCUT2D eigenvalue weighted by atomic mass is 9.91. The third-order valence-electron chi connectivity index (χ3n) is 6.76. The van der Waals surface area contributed by atoms with Gasteiger partial charge >= 0.3 is 0 Å². The van der Waals surface area contributed by atoms with Gasteiger partial charge in [-0.15, -0.1) is 0 Å². The minimum Gasteiger partial charge on any atom is -0.326 e. The van der Waals surface area contributed by atoms with Crippen LogP contribution >= 0.6 is 0 Å². The van der Waals surface area contributed by atoms with E-state index in [9.17, 15) is 0 Å². The van der Waals surface area contributed by atoms with E-state index in [1.54, 1.807) is 0 Å². The second-order valence-electron chi connectivity index (χ2n) is 9.20. The molecule has 2 aliphatic carbocycles. The molecule has 0 radical (unpaired) electrons. The number of hydrogen-bond acceptors (Lipinski definition) is 4. The van der Waals surface area contributed by atoms with Crippen molar-refractivity contribution in [2.24, 2.45) is 0 Å². The lowest BCUT2D eigenvalue weighted by molar-refractivity contribution is 0.199. The number of allylic oxidation sites excluding steroid dienone is 2. The molecule has 0 spiro atoms. The summed E-state index contributed by atoms with van der Waals surface area (Å²) in [6.07, 6.45) is 17.8. The number of aryl methyl sites for hydroxylation is 1. The third kappa shape index (κ3) is 5.21. The number of pyridine rings is 1. The Hall–Kier alpha value is -2.24. The van der Waals surface area contributed by atoms with E-state index in [2.05, 4.69) is 71.7 Å². The number of hydrogen-bond donors (Lipinski definition) is 0. The van der Waals surface area contributed by atoms with E-state index in [0.29, 0.717) is 6.04 Å². The first kappa shape index (κ1) is 22.9. The van der Waals surface area contributed by atoms with Crippen molar-refractivity contribution in [2.45, 2.75) is 71.5 Å². The topological polar surface area (TPSA) is 37.2 Å². The summed E-state index contributed by atoms with van der Waals surface area (Å²) >= 11 is 0. The maximum absolute atomic E-state index is 5.13. The lowest BCUT2D eigenvalue weighted by Gasteiger charge is -2.32. The first-order valence-electron chi connectivity index (χ1n) is 12.5. The maximum atomic E-state index is 5.13. The molecule has 0 saturated carbocycles. The monoisotopic (exact) mass is 433 g/mol. The van der Waals surface area contributed by atoms with Gasteiger partial charge in [-0.3, -0.25) is 9.88 Å². The van der Waals surface area contributed by atoms with Crippen LogP contribution in [0.25, 0.3) is 12.2 Å². The van der Waals surface area contributed by atoms with E-state index in [1.807, 2.05) is 6.20 Å². The predicted octanol–water partition coefficient (Wildman–Crippen LogP) is 3.43. The standard InChI is InChI=1S/C27H39N5/c1-4-17-31(18-5-2)19-20-32-24-14-8-6-7-13-23(24)29-26(32)21-30(3)25-15-9-11-22-12-10-16-28-27(22)25/h6,8,10,12-14,16,25H,4-5,7,9,11,15,17-21H2,1-3H3. The Morgan fingerprint density at radius 2 is 2.00 bits per heavy atom. The van der Waals surface area contributed by atoms with Gasteiger partial charge in [-0.2, -0.15) is 0 Å². The Morgan fingerprint density at radius 3 is 2.81 bits per heavy atom. The van der Waals surface area contributed by atoms with E-state index >= 15 is 0 Å². The molecular formula is C27H39N5. The van der Waals surface area contributed by atoms with Crippen LogP contribution < -0.4 is 10.7 Å². The molecule has 4 rings (SSSR count). The normalized spacial score (nSPS) is 17.6. The van der Waals surface area contributed by atoms with E-state index in [0.717, 1.165) is 37.8 Å². The number of rotatable bonds is 10. The summed E-state index contributed by atoms with van der Waals surface area (Å²) in [6.45, 7) is 9.79.